The molecule has 1 aromatic carbocycles. The van der Waals surface area contributed by atoms with Gasteiger partial charge in [0.15, 0.2) is 11.6 Å². The predicted octanol–water partition coefficient (Wildman–Crippen LogP) is 0.709. The van der Waals surface area contributed by atoms with Crippen LogP contribution in [0.5, 0.6) is 5.75 Å². The highest BCUT2D eigenvalue weighted by Gasteiger charge is 2.32. The fourth-order valence-electron chi connectivity index (χ4n) is 3.24. The molecule has 1 aromatic rings. The lowest BCUT2D eigenvalue weighted by Gasteiger charge is -2.25. The molecule has 3 aliphatic heterocycles. The number of fused-ring (bicyclic) bond motifs is 2. The third-order valence-corrected chi connectivity index (χ3v) is 4.52. The van der Waals surface area contributed by atoms with Gasteiger partial charge < -0.3 is 14.6 Å². The summed E-state index contributed by atoms with van der Waals surface area (Å²) >= 11 is 0. The lowest BCUT2D eigenvalue weighted by atomic mass is 10.2. The number of rotatable bonds is 5. The first-order valence-corrected chi connectivity index (χ1v) is 8.81. The summed E-state index contributed by atoms with van der Waals surface area (Å²) in [6, 6.07) is 3.27. The maximum absolute atomic E-state index is 14.8. The number of aliphatic hydroxyl groups excluding tert-OH is 1. The van der Waals surface area contributed by atoms with Gasteiger partial charge in [0.25, 0.3) is 0 Å². The van der Waals surface area contributed by atoms with Crippen LogP contribution in [0, 0.1) is 5.82 Å². The second-order valence-electron chi connectivity index (χ2n) is 6.78. The quantitative estimate of drug-likeness (QED) is 0.796. The maximum atomic E-state index is 14.8. The van der Waals surface area contributed by atoms with E-state index in [-0.39, 0.29) is 24.3 Å². The molecule has 2 atom stereocenters. The molecule has 0 spiro atoms. The van der Waals surface area contributed by atoms with Crippen molar-refractivity contribution in [3.05, 3.63) is 51.4 Å². The second-order valence-corrected chi connectivity index (χ2v) is 6.78. The second kappa shape index (κ2) is 6.70. The highest BCUT2D eigenvalue weighted by molar-refractivity contribution is 5.60. The van der Waals surface area contributed by atoms with Gasteiger partial charge in [0, 0.05) is 10.8 Å². The number of aliphatic imine (C=N–C) groups is 1. The molecule has 0 radical (unpaired) electrons. The van der Waals surface area contributed by atoms with Crippen LogP contribution in [-0.4, -0.2) is 41.8 Å². The molecule has 142 valence electrons. The summed E-state index contributed by atoms with van der Waals surface area (Å²) in [5.41, 5.74) is 4.52. The van der Waals surface area contributed by atoms with Gasteiger partial charge in [-0.3, -0.25) is 15.4 Å². The first-order valence-electron chi connectivity index (χ1n) is 8.81. The Kier molecular flexibility index (Phi) is 4.35. The Balaban J connectivity index is 1.68. The van der Waals surface area contributed by atoms with Crippen molar-refractivity contribution in [2.24, 2.45) is 9.98 Å². The van der Waals surface area contributed by atoms with Gasteiger partial charge >= 0.3 is 0 Å². The minimum atomic E-state index is -0.568. The van der Waals surface area contributed by atoms with Gasteiger partial charge in [-0.2, -0.15) is 0 Å². The van der Waals surface area contributed by atoms with Crippen LogP contribution in [0.3, 0.4) is 0 Å². The van der Waals surface area contributed by atoms with Gasteiger partial charge in [-0.05, 0) is 39.0 Å². The van der Waals surface area contributed by atoms with Crippen LogP contribution in [0.1, 0.15) is 20.8 Å². The van der Waals surface area contributed by atoms with E-state index in [4.69, 9.17) is 9.47 Å². The molecule has 27 heavy (non-hydrogen) atoms. The highest BCUT2D eigenvalue weighted by Crippen LogP contribution is 2.32. The van der Waals surface area contributed by atoms with Gasteiger partial charge in [-0.25, -0.2) is 9.38 Å². The number of hydrogen-bond donors (Lipinski definition) is 2. The number of hydrazine groups is 1. The van der Waals surface area contributed by atoms with Crippen molar-refractivity contribution in [1.82, 2.24) is 10.4 Å². The lowest BCUT2D eigenvalue weighted by Crippen LogP contribution is -2.38. The molecule has 3 heterocycles. The highest BCUT2D eigenvalue weighted by atomic mass is 19.1. The van der Waals surface area contributed by atoms with Crippen molar-refractivity contribution >= 4 is 12.4 Å². The number of hydrogen-bond acceptors (Lipinski definition) is 7. The van der Waals surface area contributed by atoms with Crippen LogP contribution in [0.2, 0.25) is 0 Å². The molecule has 0 fully saturated rings. The minimum Gasteiger partial charge on any atom is -0.493 e. The fraction of sp³-hybridized carbons (Fsp3) is 0.368. The molecular weight excluding hydrogens is 351 g/mol. The lowest BCUT2D eigenvalue weighted by molar-refractivity contribution is 0.0780. The number of nitrogens with one attached hydrogen (secondary N) is 1. The van der Waals surface area contributed by atoms with Crippen LogP contribution >= 0.6 is 0 Å². The predicted molar refractivity (Wildman–Crippen MR) is 97.4 cm³/mol. The van der Waals surface area contributed by atoms with Gasteiger partial charge in [0.1, 0.15) is 24.4 Å². The summed E-state index contributed by atoms with van der Waals surface area (Å²) in [4.78, 5) is 8.59. The third kappa shape index (κ3) is 3.16. The zero-order valence-corrected chi connectivity index (χ0v) is 15.4. The summed E-state index contributed by atoms with van der Waals surface area (Å²) in [5.74, 6) is 0.644. The SMILES string of the molecule is CC1=C(OC[C@H](C)O)CN2NC=NC(Oc3ccc4c(c3F)=C[C@@H](C)N=4)=C12. The van der Waals surface area contributed by atoms with Crippen molar-refractivity contribution < 1.29 is 19.0 Å². The summed E-state index contributed by atoms with van der Waals surface area (Å²) in [6.07, 6.45) is 2.69. The van der Waals surface area contributed by atoms with Gasteiger partial charge in [0.05, 0.1) is 24.0 Å². The average Bonchev–Trinajstić information content (AvgIpc) is 3.16. The molecule has 2 N–H and O–H groups in total. The summed E-state index contributed by atoms with van der Waals surface area (Å²) in [5, 5.41) is 12.3. The Bertz CT molecular complexity index is 997. The molecule has 0 aliphatic carbocycles. The van der Waals surface area contributed by atoms with Crippen molar-refractivity contribution in [3.63, 3.8) is 0 Å². The van der Waals surface area contributed by atoms with E-state index in [0.717, 1.165) is 5.57 Å². The number of ether oxygens (including phenoxy) is 2. The first-order chi connectivity index (χ1) is 12.9. The first kappa shape index (κ1) is 17.5. The molecule has 0 saturated heterocycles. The molecule has 0 bridgehead atoms. The average molecular weight is 372 g/mol. The number of nitrogens with zero attached hydrogens (tertiary/aromatic N) is 3. The molecule has 7 nitrogen and oxygen atoms in total. The monoisotopic (exact) mass is 372 g/mol. The van der Waals surface area contributed by atoms with E-state index < -0.39 is 11.9 Å². The minimum absolute atomic E-state index is 0.0483. The number of aliphatic hydroxyl groups is 1. The molecule has 0 saturated carbocycles. The number of benzene rings is 1. The van der Waals surface area contributed by atoms with Crippen molar-refractivity contribution in [3.8, 4) is 5.75 Å². The molecule has 4 rings (SSSR count). The van der Waals surface area contributed by atoms with E-state index in [1.807, 2.05) is 18.9 Å². The molecule has 0 aromatic heterocycles. The zero-order valence-electron chi connectivity index (χ0n) is 15.4. The Morgan fingerprint density at radius 3 is 3.04 bits per heavy atom. The van der Waals surface area contributed by atoms with Crippen LogP contribution < -0.4 is 20.7 Å². The van der Waals surface area contributed by atoms with Crippen LogP contribution in [0.25, 0.3) is 6.08 Å². The Hall–Kier alpha value is -2.87. The van der Waals surface area contributed by atoms with Gasteiger partial charge in [-0.15, -0.1) is 0 Å². The van der Waals surface area contributed by atoms with Crippen LogP contribution in [-0.2, 0) is 4.74 Å². The number of allylic oxidation sites excluding steroid dienone is 1. The van der Waals surface area contributed by atoms with Gasteiger partial charge in [-0.1, -0.05) is 0 Å². The molecule has 8 heteroatoms. The van der Waals surface area contributed by atoms with Gasteiger partial charge in [0.2, 0.25) is 5.88 Å². The van der Waals surface area contributed by atoms with E-state index in [0.29, 0.717) is 28.6 Å². The van der Waals surface area contributed by atoms with Crippen LogP contribution in [0.15, 0.2) is 45.0 Å². The van der Waals surface area contributed by atoms with E-state index in [2.05, 4.69) is 15.4 Å². The molecule has 3 aliphatic rings. The smallest absolute Gasteiger partial charge is 0.246 e. The normalized spacial score (nSPS) is 21.4. The van der Waals surface area contributed by atoms with E-state index in [1.54, 1.807) is 25.1 Å². The Morgan fingerprint density at radius 2 is 2.26 bits per heavy atom. The van der Waals surface area contributed by atoms with Crippen molar-refractivity contribution in [1.29, 1.82) is 0 Å². The van der Waals surface area contributed by atoms with Crippen molar-refractivity contribution in [2.45, 2.75) is 32.9 Å². The summed E-state index contributed by atoms with van der Waals surface area (Å²) in [6.45, 7) is 6.10. The van der Waals surface area contributed by atoms with E-state index >= 15 is 0 Å². The molecule has 0 amide bonds. The summed E-state index contributed by atoms with van der Waals surface area (Å²) < 4.78 is 26.3. The largest absolute Gasteiger partial charge is 0.493 e. The van der Waals surface area contributed by atoms with Crippen LogP contribution in [0.4, 0.5) is 4.39 Å². The zero-order chi connectivity index (χ0) is 19.1. The Labute approximate surface area is 155 Å². The van der Waals surface area contributed by atoms with Crippen molar-refractivity contribution in [2.75, 3.05) is 13.2 Å². The van der Waals surface area contributed by atoms with E-state index in [9.17, 15) is 9.50 Å². The number of halogens is 1. The van der Waals surface area contributed by atoms with E-state index in [1.165, 1.54) is 6.34 Å². The third-order valence-electron chi connectivity index (χ3n) is 4.52. The molecular formula is C19H21FN4O3. The maximum Gasteiger partial charge on any atom is 0.246 e. The topological polar surface area (TPSA) is 78.7 Å². The standard InChI is InChI=1S/C19H21FN4O3/c1-10-6-13-14(23-10)4-5-15(17(13)20)27-19-18-12(3)16(26-8-11(2)25)7-24(18)22-9-21-19/h4-6,9-11,25H,7-8H2,1-3H3,(H,21,22)/t10-,11+/m1/s1. The molecule has 0 unspecified atom stereocenters. The summed E-state index contributed by atoms with van der Waals surface area (Å²) in [7, 11) is 0. The fourth-order valence-corrected chi connectivity index (χ4v) is 3.24. The Morgan fingerprint density at radius 1 is 1.44 bits per heavy atom.